The lowest BCUT2D eigenvalue weighted by atomic mass is 9.96. The van der Waals surface area contributed by atoms with E-state index in [1.165, 1.54) is 42.1 Å². The van der Waals surface area contributed by atoms with Gasteiger partial charge in [-0.3, -0.25) is 0 Å². The molecule has 1 heterocycles. The van der Waals surface area contributed by atoms with Gasteiger partial charge in [0.1, 0.15) is 5.75 Å². The Morgan fingerprint density at radius 1 is 1.11 bits per heavy atom. The molecule has 0 amide bonds. The molecule has 1 N–H and O–H groups in total. The maximum Gasteiger partial charge on any atom is 0.119 e. The van der Waals surface area contributed by atoms with Crippen LogP contribution in [0.5, 0.6) is 5.75 Å². The predicted molar refractivity (Wildman–Crippen MR) is 79.8 cm³/mol. The Hall–Kier alpha value is -1.54. The Morgan fingerprint density at radius 3 is 2.74 bits per heavy atom. The number of nitrogens with one attached hydrogen (secondary N) is 1. The first kappa shape index (κ1) is 12.5. The van der Waals surface area contributed by atoms with Crippen molar-refractivity contribution in [2.45, 2.75) is 31.7 Å². The standard InChI is InChI=1S/C17H21NO/c1-19-17-8-7-14-10-13(5-6-15(14)12-17)11-16-4-2-3-9-18-16/h5-8,10,12,16,18H,2-4,9,11H2,1H3. The summed E-state index contributed by atoms with van der Waals surface area (Å²) >= 11 is 0. The van der Waals surface area contributed by atoms with Gasteiger partial charge in [-0.2, -0.15) is 0 Å². The lowest BCUT2D eigenvalue weighted by Crippen LogP contribution is -2.35. The molecule has 19 heavy (non-hydrogen) atoms. The van der Waals surface area contributed by atoms with Crippen LogP contribution in [-0.2, 0) is 6.42 Å². The van der Waals surface area contributed by atoms with E-state index in [1.807, 2.05) is 6.07 Å². The van der Waals surface area contributed by atoms with E-state index in [1.54, 1.807) is 7.11 Å². The summed E-state index contributed by atoms with van der Waals surface area (Å²) in [5, 5.41) is 6.16. The van der Waals surface area contributed by atoms with Gasteiger partial charge in [0.15, 0.2) is 0 Å². The summed E-state index contributed by atoms with van der Waals surface area (Å²) < 4.78 is 5.26. The molecule has 100 valence electrons. The van der Waals surface area contributed by atoms with Gasteiger partial charge in [0.2, 0.25) is 0 Å². The average Bonchev–Trinajstić information content (AvgIpc) is 2.48. The predicted octanol–water partition coefficient (Wildman–Crippen LogP) is 3.53. The Kier molecular flexibility index (Phi) is 3.69. The molecule has 1 saturated heterocycles. The number of hydrogen-bond acceptors (Lipinski definition) is 2. The SMILES string of the molecule is COc1ccc2cc(CC3CCCCN3)ccc2c1. The number of hydrogen-bond donors (Lipinski definition) is 1. The van der Waals surface area contributed by atoms with Crippen LogP contribution < -0.4 is 10.1 Å². The molecule has 0 aliphatic carbocycles. The van der Waals surface area contributed by atoms with E-state index < -0.39 is 0 Å². The summed E-state index contributed by atoms with van der Waals surface area (Å²) in [7, 11) is 1.71. The van der Waals surface area contributed by atoms with Crippen molar-refractivity contribution in [1.82, 2.24) is 5.32 Å². The highest BCUT2D eigenvalue weighted by Crippen LogP contribution is 2.23. The summed E-state index contributed by atoms with van der Waals surface area (Å²) in [6.07, 6.45) is 5.14. The van der Waals surface area contributed by atoms with Crippen molar-refractivity contribution >= 4 is 10.8 Å². The van der Waals surface area contributed by atoms with Gasteiger partial charge < -0.3 is 10.1 Å². The van der Waals surface area contributed by atoms with Crippen molar-refractivity contribution in [1.29, 1.82) is 0 Å². The van der Waals surface area contributed by atoms with Gasteiger partial charge in [-0.15, -0.1) is 0 Å². The molecule has 3 rings (SSSR count). The number of methoxy groups -OCH3 is 1. The van der Waals surface area contributed by atoms with Gasteiger partial charge >= 0.3 is 0 Å². The first-order valence-electron chi connectivity index (χ1n) is 7.15. The third kappa shape index (κ3) is 2.90. The van der Waals surface area contributed by atoms with Gasteiger partial charge in [0, 0.05) is 6.04 Å². The minimum absolute atomic E-state index is 0.657. The summed E-state index contributed by atoms with van der Waals surface area (Å²) in [6, 6.07) is 13.7. The molecule has 1 aliphatic heterocycles. The topological polar surface area (TPSA) is 21.3 Å². The van der Waals surface area contributed by atoms with Crippen LogP contribution in [0.1, 0.15) is 24.8 Å². The second-order valence-electron chi connectivity index (χ2n) is 5.40. The van der Waals surface area contributed by atoms with Crippen LogP contribution in [0.15, 0.2) is 36.4 Å². The number of rotatable bonds is 3. The van der Waals surface area contributed by atoms with Crippen LogP contribution in [0.25, 0.3) is 10.8 Å². The second kappa shape index (κ2) is 5.62. The van der Waals surface area contributed by atoms with Crippen molar-refractivity contribution in [2.75, 3.05) is 13.7 Å². The first-order valence-corrected chi connectivity index (χ1v) is 7.15. The van der Waals surface area contributed by atoms with Crippen LogP contribution in [0.3, 0.4) is 0 Å². The lowest BCUT2D eigenvalue weighted by molar-refractivity contribution is 0.399. The van der Waals surface area contributed by atoms with Crippen molar-refractivity contribution in [2.24, 2.45) is 0 Å². The maximum atomic E-state index is 5.26. The Bertz CT molecular complexity index is 558. The smallest absolute Gasteiger partial charge is 0.119 e. The minimum Gasteiger partial charge on any atom is -0.497 e. The third-order valence-corrected chi connectivity index (χ3v) is 4.01. The molecule has 0 saturated carbocycles. The van der Waals surface area contributed by atoms with Gasteiger partial charge in [-0.05, 0) is 54.3 Å². The van der Waals surface area contributed by atoms with E-state index in [9.17, 15) is 0 Å². The van der Waals surface area contributed by atoms with E-state index in [0.717, 1.165) is 12.2 Å². The van der Waals surface area contributed by atoms with Gasteiger partial charge in [-0.1, -0.05) is 30.7 Å². The molecule has 2 aromatic carbocycles. The number of benzene rings is 2. The highest BCUT2D eigenvalue weighted by atomic mass is 16.5. The molecule has 0 spiro atoms. The van der Waals surface area contributed by atoms with Gasteiger partial charge in [0.05, 0.1) is 7.11 Å². The van der Waals surface area contributed by atoms with E-state index in [-0.39, 0.29) is 0 Å². The zero-order chi connectivity index (χ0) is 13.1. The van der Waals surface area contributed by atoms with Crippen LogP contribution >= 0.6 is 0 Å². The van der Waals surface area contributed by atoms with E-state index in [2.05, 4.69) is 35.6 Å². The quantitative estimate of drug-likeness (QED) is 0.906. The molecule has 1 atom stereocenters. The second-order valence-corrected chi connectivity index (χ2v) is 5.40. The van der Waals surface area contributed by atoms with Crippen molar-refractivity contribution in [3.8, 4) is 5.75 Å². The summed E-state index contributed by atoms with van der Waals surface area (Å²) in [4.78, 5) is 0. The van der Waals surface area contributed by atoms with E-state index >= 15 is 0 Å². The Labute approximate surface area is 114 Å². The van der Waals surface area contributed by atoms with Crippen LogP contribution in [0.2, 0.25) is 0 Å². The molecule has 0 radical (unpaired) electrons. The van der Waals surface area contributed by atoms with Crippen molar-refractivity contribution < 1.29 is 4.74 Å². The first-order chi connectivity index (χ1) is 9.35. The molecule has 1 unspecified atom stereocenters. The lowest BCUT2D eigenvalue weighted by Gasteiger charge is -2.23. The summed E-state index contributed by atoms with van der Waals surface area (Å²) in [5.41, 5.74) is 1.43. The fraction of sp³-hybridized carbons (Fsp3) is 0.412. The highest BCUT2D eigenvalue weighted by Gasteiger charge is 2.12. The minimum atomic E-state index is 0.657. The molecule has 1 fully saturated rings. The monoisotopic (exact) mass is 255 g/mol. The molecular formula is C17H21NO. The van der Waals surface area contributed by atoms with Crippen LogP contribution in [-0.4, -0.2) is 19.7 Å². The van der Waals surface area contributed by atoms with Crippen molar-refractivity contribution in [3.63, 3.8) is 0 Å². The Balaban J connectivity index is 1.80. The summed E-state index contributed by atoms with van der Waals surface area (Å²) in [6.45, 7) is 1.18. The molecule has 0 aromatic heterocycles. The van der Waals surface area contributed by atoms with E-state index in [0.29, 0.717) is 6.04 Å². The maximum absolute atomic E-state index is 5.26. The Morgan fingerprint density at radius 2 is 1.95 bits per heavy atom. The molecule has 0 bridgehead atoms. The largest absolute Gasteiger partial charge is 0.497 e. The molecule has 1 aliphatic rings. The van der Waals surface area contributed by atoms with Gasteiger partial charge in [-0.25, -0.2) is 0 Å². The zero-order valence-corrected chi connectivity index (χ0v) is 11.5. The summed E-state index contributed by atoms with van der Waals surface area (Å²) in [5.74, 6) is 0.925. The molecule has 2 heteroatoms. The molecule has 2 nitrogen and oxygen atoms in total. The number of ether oxygens (including phenoxy) is 1. The van der Waals surface area contributed by atoms with Crippen molar-refractivity contribution in [3.05, 3.63) is 42.0 Å². The van der Waals surface area contributed by atoms with Gasteiger partial charge in [0.25, 0.3) is 0 Å². The van der Waals surface area contributed by atoms with E-state index in [4.69, 9.17) is 4.74 Å². The average molecular weight is 255 g/mol. The zero-order valence-electron chi connectivity index (χ0n) is 11.5. The highest BCUT2D eigenvalue weighted by molar-refractivity contribution is 5.84. The van der Waals surface area contributed by atoms with Crippen LogP contribution in [0, 0.1) is 0 Å². The molecule has 2 aromatic rings. The number of fused-ring (bicyclic) bond motifs is 1. The fourth-order valence-electron chi connectivity index (χ4n) is 2.91. The third-order valence-electron chi connectivity index (χ3n) is 4.01. The van der Waals surface area contributed by atoms with Crippen LogP contribution in [0.4, 0.5) is 0 Å². The normalized spacial score (nSPS) is 19.5. The number of piperidine rings is 1. The molecular weight excluding hydrogens is 234 g/mol. The fourth-order valence-corrected chi connectivity index (χ4v) is 2.91.